The van der Waals surface area contributed by atoms with Crippen molar-refractivity contribution in [3.05, 3.63) is 57.5 Å². The van der Waals surface area contributed by atoms with Crippen LogP contribution in [0.15, 0.2) is 35.1 Å². The lowest BCUT2D eigenvalue weighted by Gasteiger charge is -2.32. The fourth-order valence-corrected chi connectivity index (χ4v) is 2.61. The number of H-pyrrole nitrogens is 1. The Bertz CT molecular complexity index is 855. The molecule has 1 aromatic carbocycles. The highest BCUT2D eigenvalue weighted by atomic mass is 19.3. The molecule has 27 heavy (non-hydrogen) atoms. The Kier molecular flexibility index (Phi) is 5.98. The molecule has 2 N–H and O–H groups in total. The van der Waals surface area contributed by atoms with Gasteiger partial charge in [-0.1, -0.05) is 45.0 Å². The Morgan fingerprint density at radius 2 is 1.70 bits per heavy atom. The second-order valence-electron chi connectivity index (χ2n) is 7.59. The van der Waals surface area contributed by atoms with Crippen LogP contribution in [-0.2, 0) is 0 Å². The van der Waals surface area contributed by atoms with Crippen molar-refractivity contribution in [3.8, 4) is 0 Å². The molecule has 2 aromatic rings. The quantitative estimate of drug-likeness (QED) is 0.837. The number of halogens is 2. The second-order valence-corrected chi connectivity index (χ2v) is 7.59. The summed E-state index contributed by atoms with van der Waals surface area (Å²) in [5.74, 6) is -0.247. The molecule has 0 saturated heterocycles. The number of benzene rings is 1. The summed E-state index contributed by atoms with van der Waals surface area (Å²) in [4.78, 5) is 32.8. The van der Waals surface area contributed by atoms with E-state index in [9.17, 15) is 18.4 Å². The first-order valence-corrected chi connectivity index (χ1v) is 8.46. The van der Waals surface area contributed by atoms with Crippen LogP contribution in [0.4, 0.5) is 14.7 Å². The highest BCUT2D eigenvalue weighted by Crippen LogP contribution is 2.33. The molecule has 6 nitrogen and oxygen atoms in total. The lowest BCUT2D eigenvalue weighted by Crippen LogP contribution is -2.37. The van der Waals surface area contributed by atoms with Gasteiger partial charge in [-0.05, 0) is 11.0 Å². The average molecular weight is 378 g/mol. The molecule has 1 heterocycles. The van der Waals surface area contributed by atoms with Crippen LogP contribution in [0.3, 0.4) is 0 Å². The van der Waals surface area contributed by atoms with Crippen molar-refractivity contribution in [1.82, 2.24) is 15.3 Å². The monoisotopic (exact) mass is 378 g/mol. The van der Waals surface area contributed by atoms with E-state index < -0.39 is 29.3 Å². The molecule has 0 fully saturated rings. The van der Waals surface area contributed by atoms with Crippen LogP contribution in [0.2, 0.25) is 0 Å². The number of hydrogen-bond donors (Lipinski definition) is 2. The van der Waals surface area contributed by atoms with Crippen LogP contribution in [-0.4, -0.2) is 30.0 Å². The lowest BCUT2D eigenvalue weighted by molar-refractivity contribution is 0.0896. The fourth-order valence-electron chi connectivity index (χ4n) is 2.61. The third kappa shape index (κ3) is 5.12. The molecule has 0 bridgehead atoms. The predicted molar refractivity (Wildman–Crippen MR) is 100 cm³/mol. The van der Waals surface area contributed by atoms with E-state index in [1.165, 1.54) is 12.1 Å². The van der Waals surface area contributed by atoms with E-state index in [0.29, 0.717) is 5.56 Å². The Labute approximate surface area is 156 Å². The van der Waals surface area contributed by atoms with Crippen molar-refractivity contribution in [2.24, 2.45) is 5.41 Å². The third-order valence-electron chi connectivity index (χ3n) is 4.05. The molecule has 1 amide bonds. The molecular weight excluding hydrogens is 354 g/mol. The van der Waals surface area contributed by atoms with Crippen molar-refractivity contribution in [3.63, 3.8) is 0 Å². The number of anilines is 1. The summed E-state index contributed by atoms with van der Waals surface area (Å²) in [7, 11) is 3.39. The van der Waals surface area contributed by atoms with Gasteiger partial charge in [-0.3, -0.25) is 14.6 Å². The molecule has 0 unspecified atom stereocenters. The Hall–Kier alpha value is -2.77. The summed E-state index contributed by atoms with van der Waals surface area (Å²) < 4.78 is 25.6. The zero-order valence-electron chi connectivity index (χ0n) is 16.0. The Balaban J connectivity index is 2.34. The van der Waals surface area contributed by atoms with Gasteiger partial charge in [0.2, 0.25) is 5.95 Å². The Morgan fingerprint density at radius 3 is 2.19 bits per heavy atom. The molecule has 1 aromatic heterocycles. The van der Waals surface area contributed by atoms with E-state index in [4.69, 9.17) is 0 Å². The number of carbonyl (C=O) groups excluding carboxylic acids is 1. The van der Waals surface area contributed by atoms with Gasteiger partial charge in [-0.2, -0.15) is 0 Å². The molecular formula is C19H24F2N4O2. The summed E-state index contributed by atoms with van der Waals surface area (Å²) in [6.07, 6.45) is -2.55. The molecule has 8 heteroatoms. The van der Waals surface area contributed by atoms with Crippen LogP contribution in [0.5, 0.6) is 0 Å². The molecule has 0 saturated carbocycles. The summed E-state index contributed by atoms with van der Waals surface area (Å²) in [5, 5.41) is 2.87. The first-order chi connectivity index (χ1) is 12.5. The minimum absolute atomic E-state index is 0.0131. The highest BCUT2D eigenvalue weighted by molar-refractivity contribution is 5.92. The summed E-state index contributed by atoms with van der Waals surface area (Å²) in [6.45, 7) is 5.78. The van der Waals surface area contributed by atoms with Crippen molar-refractivity contribution in [2.45, 2.75) is 33.2 Å². The van der Waals surface area contributed by atoms with Crippen LogP contribution in [0, 0.1) is 5.41 Å². The number of hydrogen-bond acceptors (Lipinski definition) is 4. The fraction of sp³-hybridized carbons (Fsp3) is 0.421. The number of amides is 1. The molecule has 0 radical (unpaired) electrons. The first-order valence-electron chi connectivity index (χ1n) is 8.46. The maximum absolute atomic E-state index is 12.8. The molecule has 1 atom stereocenters. The predicted octanol–water partition coefficient (Wildman–Crippen LogP) is 3.29. The maximum Gasteiger partial charge on any atom is 0.270 e. The number of carbonyl (C=O) groups is 1. The van der Waals surface area contributed by atoms with Crippen molar-refractivity contribution >= 4 is 11.9 Å². The number of nitrogens with one attached hydrogen (secondary N) is 2. The van der Waals surface area contributed by atoms with Gasteiger partial charge in [0.15, 0.2) is 0 Å². The summed E-state index contributed by atoms with van der Waals surface area (Å²) >= 11 is 0. The highest BCUT2D eigenvalue weighted by Gasteiger charge is 2.29. The zero-order chi connectivity index (χ0) is 20.4. The van der Waals surface area contributed by atoms with E-state index in [1.807, 2.05) is 20.8 Å². The van der Waals surface area contributed by atoms with Gasteiger partial charge in [-0.15, -0.1) is 0 Å². The van der Waals surface area contributed by atoms with Gasteiger partial charge in [0.1, 0.15) is 5.69 Å². The minimum Gasteiger partial charge on any atom is -0.348 e. The van der Waals surface area contributed by atoms with Gasteiger partial charge < -0.3 is 10.2 Å². The first kappa shape index (κ1) is 20.5. The van der Waals surface area contributed by atoms with Gasteiger partial charge in [-0.25, -0.2) is 13.8 Å². The smallest absolute Gasteiger partial charge is 0.270 e. The number of aromatic nitrogens is 2. The SMILES string of the molecule is CN(C)c1nc(C(=O)N[C@@H](c2ccc(C(F)F)cc2)C(C)(C)C)cc(=O)[nH]1. The number of alkyl halides is 2. The number of aromatic amines is 1. The van der Waals surface area contributed by atoms with E-state index in [2.05, 4.69) is 15.3 Å². The summed E-state index contributed by atoms with van der Waals surface area (Å²) in [5.41, 5.74) is -0.232. The standard InChI is InChI=1S/C19H24F2N4O2/c1-19(2,3)15(11-6-8-12(9-7-11)16(20)21)24-17(27)13-10-14(26)23-18(22-13)25(4)5/h6-10,15-16H,1-5H3,(H,24,27)(H,22,23,26)/t15-/m0/s1. The molecule has 0 aliphatic rings. The maximum atomic E-state index is 12.8. The Morgan fingerprint density at radius 1 is 1.15 bits per heavy atom. The van der Waals surface area contributed by atoms with Gasteiger partial charge in [0, 0.05) is 25.7 Å². The second kappa shape index (κ2) is 7.85. The molecule has 146 valence electrons. The molecule has 0 aliphatic carbocycles. The summed E-state index contributed by atoms with van der Waals surface area (Å²) in [6, 6.07) is 6.52. The van der Waals surface area contributed by atoms with Crippen molar-refractivity contribution < 1.29 is 13.6 Å². The van der Waals surface area contributed by atoms with Crippen LogP contribution >= 0.6 is 0 Å². The van der Waals surface area contributed by atoms with Gasteiger partial charge >= 0.3 is 0 Å². The van der Waals surface area contributed by atoms with E-state index in [1.54, 1.807) is 31.1 Å². The van der Waals surface area contributed by atoms with E-state index in [-0.39, 0.29) is 17.2 Å². The largest absolute Gasteiger partial charge is 0.348 e. The normalized spacial score (nSPS) is 12.7. The van der Waals surface area contributed by atoms with E-state index in [0.717, 1.165) is 6.07 Å². The molecule has 0 aliphatic heterocycles. The van der Waals surface area contributed by atoms with E-state index >= 15 is 0 Å². The van der Waals surface area contributed by atoms with Crippen molar-refractivity contribution in [2.75, 3.05) is 19.0 Å². The average Bonchev–Trinajstić information content (AvgIpc) is 2.58. The molecule has 2 rings (SSSR count). The number of nitrogens with zero attached hydrogens (tertiary/aromatic N) is 2. The van der Waals surface area contributed by atoms with Gasteiger partial charge in [0.25, 0.3) is 17.9 Å². The minimum atomic E-state index is -2.55. The van der Waals surface area contributed by atoms with Crippen LogP contribution in [0.25, 0.3) is 0 Å². The van der Waals surface area contributed by atoms with Crippen molar-refractivity contribution in [1.29, 1.82) is 0 Å². The zero-order valence-corrected chi connectivity index (χ0v) is 16.0. The van der Waals surface area contributed by atoms with Crippen LogP contribution < -0.4 is 15.8 Å². The van der Waals surface area contributed by atoms with Crippen LogP contribution in [0.1, 0.15) is 54.9 Å². The topological polar surface area (TPSA) is 78.1 Å². The number of rotatable bonds is 5. The molecule has 0 spiro atoms. The third-order valence-corrected chi connectivity index (χ3v) is 4.05. The van der Waals surface area contributed by atoms with Gasteiger partial charge in [0.05, 0.1) is 6.04 Å². The lowest BCUT2D eigenvalue weighted by atomic mass is 9.82.